The summed E-state index contributed by atoms with van der Waals surface area (Å²) < 4.78 is 0. The number of nitrogens with zero attached hydrogens (tertiary/aromatic N) is 1. The number of hydrogen-bond acceptors (Lipinski definition) is 4. The first-order chi connectivity index (χ1) is 12.7. The van der Waals surface area contributed by atoms with Crippen LogP contribution in [0.4, 0.5) is 5.69 Å². The second kappa shape index (κ2) is 7.72. The van der Waals surface area contributed by atoms with Crippen molar-refractivity contribution in [3.05, 3.63) is 42.5 Å². The van der Waals surface area contributed by atoms with Crippen molar-refractivity contribution in [2.24, 2.45) is 5.92 Å². The van der Waals surface area contributed by atoms with Crippen molar-refractivity contribution in [3.8, 4) is 0 Å². The van der Waals surface area contributed by atoms with Crippen LogP contribution in [0, 0.1) is 5.92 Å². The minimum atomic E-state index is -0.385. The number of amides is 2. The Balaban J connectivity index is 1.97. The van der Waals surface area contributed by atoms with Crippen molar-refractivity contribution in [3.63, 3.8) is 0 Å². The average Bonchev–Trinajstić information content (AvgIpc) is 3.03. The van der Waals surface area contributed by atoms with Crippen LogP contribution < -0.4 is 10.2 Å². The molecule has 1 heterocycles. The first-order valence-electron chi connectivity index (χ1n) is 9.00. The molecule has 142 valence electrons. The highest BCUT2D eigenvalue weighted by Crippen LogP contribution is 2.32. The Morgan fingerprint density at radius 1 is 1.15 bits per heavy atom. The van der Waals surface area contributed by atoms with Crippen molar-refractivity contribution in [1.82, 2.24) is 5.32 Å². The third-order valence-electron chi connectivity index (χ3n) is 4.35. The summed E-state index contributed by atoms with van der Waals surface area (Å²) >= 11 is 1.19. The average molecular weight is 385 g/mol. The second-order valence-electron chi connectivity index (χ2n) is 7.80. The highest BCUT2D eigenvalue weighted by molar-refractivity contribution is 8.14. The lowest BCUT2D eigenvalue weighted by molar-refractivity contribution is -0.126. The summed E-state index contributed by atoms with van der Waals surface area (Å²) in [6, 6.07) is 13.5. The van der Waals surface area contributed by atoms with E-state index >= 15 is 0 Å². The van der Waals surface area contributed by atoms with Crippen LogP contribution in [-0.2, 0) is 14.4 Å². The van der Waals surface area contributed by atoms with Crippen molar-refractivity contribution >= 4 is 45.2 Å². The Morgan fingerprint density at radius 2 is 1.85 bits per heavy atom. The molecule has 0 aromatic heterocycles. The van der Waals surface area contributed by atoms with E-state index in [4.69, 9.17) is 0 Å². The Labute approximate surface area is 163 Å². The van der Waals surface area contributed by atoms with E-state index in [0.29, 0.717) is 11.4 Å². The van der Waals surface area contributed by atoms with Gasteiger partial charge in [-0.05, 0) is 32.2 Å². The van der Waals surface area contributed by atoms with Crippen LogP contribution >= 0.6 is 11.8 Å². The molecule has 0 aliphatic carbocycles. The second-order valence-corrected chi connectivity index (χ2v) is 8.88. The van der Waals surface area contributed by atoms with Crippen LogP contribution in [0.2, 0.25) is 0 Å². The van der Waals surface area contributed by atoms with Crippen LogP contribution in [0.1, 0.15) is 27.2 Å². The van der Waals surface area contributed by atoms with Crippen LogP contribution in [0.5, 0.6) is 0 Å². The van der Waals surface area contributed by atoms with Gasteiger partial charge in [-0.25, -0.2) is 0 Å². The third kappa shape index (κ3) is 4.69. The molecule has 0 radical (unpaired) electrons. The molecule has 1 aliphatic heterocycles. The smallest absolute Gasteiger partial charge is 0.240 e. The lowest BCUT2D eigenvalue weighted by atomic mass is 10.0. The minimum Gasteiger partial charge on any atom is -0.350 e. The van der Waals surface area contributed by atoms with Crippen molar-refractivity contribution in [2.75, 3.05) is 17.2 Å². The van der Waals surface area contributed by atoms with Crippen LogP contribution in [0.25, 0.3) is 10.8 Å². The largest absolute Gasteiger partial charge is 0.350 e. The van der Waals surface area contributed by atoms with Gasteiger partial charge >= 0.3 is 0 Å². The lowest BCUT2D eigenvalue weighted by Gasteiger charge is -2.28. The molecular weight excluding hydrogens is 360 g/mol. The molecule has 2 amide bonds. The number of fused-ring (bicyclic) bond motifs is 1. The third-order valence-corrected chi connectivity index (χ3v) is 5.41. The zero-order valence-electron chi connectivity index (χ0n) is 15.8. The quantitative estimate of drug-likeness (QED) is 0.878. The van der Waals surface area contributed by atoms with Gasteiger partial charge in [-0.15, -0.1) is 0 Å². The molecule has 1 unspecified atom stereocenters. The molecule has 27 heavy (non-hydrogen) atoms. The number of hydrogen-bond donors (Lipinski definition) is 1. The molecule has 1 saturated heterocycles. The number of carbonyl (C=O) groups is 3. The Kier molecular flexibility index (Phi) is 5.56. The molecule has 2 aromatic carbocycles. The fourth-order valence-electron chi connectivity index (χ4n) is 3.22. The van der Waals surface area contributed by atoms with Gasteiger partial charge in [0.1, 0.15) is 6.54 Å². The summed E-state index contributed by atoms with van der Waals surface area (Å²) in [5.74, 6) is -0.307. The molecule has 3 rings (SSSR count). The Bertz CT molecular complexity index is 883. The van der Waals surface area contributed by atoms with Gasteiger partial charge in [0.15, 0.2) is 5.12 Å². The van der Waals surface area contributed by atoms with Crippen LogP contribution in [0.15, 0.2) is 42.5 Å². The summed E-state index contributed by atoms with van der Waals surface area (Å²) in [4.78, 5) is 39.0. The number of benzene rings is 2. The maximum atomic E-state index is 13.2. The van der Waals surface area contributed by atoms with Gasteiger partial charge in [0, 0.05) is 23.1 Å². The SMILES string of the molecule is CC(C)(C)NC(=O)CN(C(=O)C1CSC(=O)C1)c1cccc2ccccc12. The molecule has 2 aromatic rings. The van der Waals surface area contributed by atoms with E-state index in [1.54, 1.807) is 0 Å². The first kappa shape index (κ1) is 19.4. The maximum Gasteiger partial charge on any atom is 0.240 e. The van der Waals surface area contributed by atoms with E-state index in [1.807, 2.05) is 63.2 Å². The zero-order valence-corrected chi connectivity index (χ0v) is 16.6. The number of carbonyl (C=O) groups excluding carboxylic acids is 3. The molecular formula is C21H24N2O3S. The molecule has 1 fully saturated rings. The van der Waals surface area contributed by atoms with Gasteiger partial charge in [0.2, 0.25) is 11.8 Å². The van der Waals surface area contributed by atoms with Crippen LogP contribution in [0.3, 0.4) is 0 Å². The summed E-state index contributed by atoms with van der Waals surface area (Å²) in [6.45, 7) is 5.64. The lowest BCUT2D eigenvalue weighted by Crippen LogP contribution is -2.48. The predicted molar refractivity (Wildman–Crippen MR) is 110 cm³/mol. The molecule has 0 spiro atoms. The summed E-state index contributed by atoms with van der Waals surface area (Å²) in [5.41, 5.74) is 0.315. The van der Waals surface area contributed by atoms with E-state index < -0.39 is 0 Å². The summed E-state index contributed by atoms with van der Waals surface area (Å²) in [5, 5.41) is 4.86. The van der Waals surface area contributed by atoms with Crippen molar-refractivity contribution < 1.29 is 14.4 Å². The van der Waals surface area contributed by atoms with Crippen molar-refractivity contribution in [1.29, 1.82) is 0 Å². The summed E-state index contributed by atoms with van der Waals surface area (Å²) in [7, 11) is 0. The fourth-order valence-corrected chi connectivity index (χ4v) is 4.18. The Hall–Kier alpha value is -2.34. The van der Waals surface area contributed by atoms with E-state index in [9.17, 15) is 14.4 Å². The molecule has 0 saturated carbocycles. The van der Waals surface area contributed by atoms with E-state index in [-0.39, 0.29) is 41.4 Å². The van der Waals surface area contributed by atoms with Gasteiger partial charge < -0.3 is 10.2 Å². The van der Waals surface area contributed by atoms with E-state index in [0.717, 1.165) is 10.8 Å². The number of nitrogens with one attached hydrogen (secondary N) is 1. The van der Waals surface area contributed by atoms with Gasteiger partial charge in [-0.1, -0.05) is 48.2 Å². The molecule has 1 atom stereocenters. The normalized spacial score (nSPS) is 17.1. The predicted octanol–water partition coefficient (Wildman–Crippen LogP) is 3.37. The highest BCUT2D eigenvalue weighted by Gasteiger charge is 2.34. The Morgan fingerprint density at radius 3 is 2.52 bits per heavy atom. The zero-order chi connectivity index (χ0) is 19.6. The fraction of sp³-hybridized carbons (Fsp3) is 0.381. The maximum absolute atomic E-state index is 13.2. The van der Waals surface area contributed by atoms with Crippen LogP contribution in [-0.4, -0.2) is 34.8 Å². The topological polar surface area (TPSA) is 66.5 Å². The van der Waals surface area contributed by atoms with E-state index in [1.165, 1.54) is 16.7 Å². The minimum absolute atomic E-state index is 0.0327. The van der Waals surface area contributed by atoms with Gasteiger partial charge in [0.05, 0.1) is 11.6 Å². The van der Waals surface area contributed by atoms with Gasteiger partial charge in [-0.3, -0.25) is 14.4 Å². The number of anilines is 1. The first-order valence-corrected chi connectivity index (χ1v) is 9.99. The molecule has 0 bridgehead atoms. The molecule has 1 aliphatic rings. The highest BCUT2D eigenvalue weighted by atomic mass is 32.2. The molecule has 6 heteroatoms. The number of thioether (sulfide) groups is 1. The van der Waals surface area contributed by atoms with E-state index in [2.05, 4.69) is 5.32 Å². The number of rotatable bonds is 4. The monoisotopic (exact) mass is 384 g/mol. The standard InChI is InChI=1S/C21H24N2O3S/c1-21(2,3)22-18(24)12-23(20(26)15-11-19(25)27-13-15)17-10-6-8-14-7-4-5-9-16(14)17/h4-10,15H,11-13H2,1-3H3,(H,22,24). The molecule has 1 N–H and O–H groups in total. The summed E-state index contributed by atoms with van der Waals surface area (Å²) in [6.07, 6.45) is 0.228. The van der Waals surface area contributed by atoms with Gasteiger partial charge in [-0.2, -0.15) is 0 Å². The van der Waals surface area contributed by atoms with Gasteiger partial charge in [0.25, 0.3) is 0 Å². The van der Waals surface area contributed by atoms with Crippen molar-refractivity contribution in [2.45, 2.75) is 32.7 Å². The molecule has 5 nitrogen and oxygen atoms in total.